The average molecular weight is 277 g/mol. The number of aromatic carboxylic acids is 1. The number of anilines is 1. The van der Waals surface area contributed by atoms with Gasteiger partial charge >= 0.3 is 5.97 Å². The fourth-order valence-electron chi connectivity index (χ4n) is 2.75. The van der Waals surface area contributed by atoms with E-state index in [4.69, 9.17) is 4.74 Å². The molecule has 1 aromatic rings. The van der Waals surface area contributed by atoms with Crippen LogP contribution in [0, 0.1) is 12.8 Å². The molecule has 1 aliphatic rings. The van der Waals surface area contributed by atoms with Gasteiger partial charge in [-0.05, 0) is 44.2 Å². The van der Waals surface area contributed by atoms with Gasteiger partial charge in [0.15, 0.2) is 0 Å². The van der Waals surface area contributed by atoms with Crippen molar-refractivity contribution >= 4 is 11.7 Å². The third kappa shape index (κ3) is 3.12. The first-order valence-corrected chi connectivity index (χ1v) is 7.14. The maximum Gasteiger partial charge on any atom is 0.337 e. The lowest BCUT2D eigenvalue weighted by Crippen LogP contribution is -2.38. The van der Waals surface area contributed by atoms with E-state index in [-0.39, 0.29) is 0 Å². The second-order valence-electron chi connectivity index (χ2n) is 5.54. The molecule has 1 aliphatic carbocycles. The average Bonchev–Trinajstić information content (AvgIpc) is 3.24. The number of para-hydroxylation sites is 1. The van der Waals surface area contributed by atoms with Gasteiger partial charge in [0.2, 0.25) is 0 Å². The van der Waals surface area contributed by atoms with Crippen LogP contribution in [0.3, 0.4) is 0 Å². The van der Waals surface area contributed by atoms with E-state index in [0.717, 1.165) is 17.8 Å². The van der Waals surface area contributed by atoms with Gasteiger partial charge in [-0.3, -0.25) is 0 Å². The number of aryl methyl sites for hydroxylation is 1. The third-order valence-electron chi connectivity index (χ3n) is 4.09. The van der Waals surface area contributed by atoms with Crippen LogP contribution in [0.2, 0.25) is 0 Å². The molecule has 4 heteroatoms. The van der Waals surface area contributed by atoms with Crippen LogP contribution in [0.25, 0.3) is 0 Å². The second-order valence-corrected chi connectivity index (χ2v) is 5.54. The van der Waals surface area contributed by atoms with Gasteiger partial charge in [-0.25, -0.2) is 4.79 Å². The molecule has 1 atom stereocenters. The molecule has 0 saturated heterocycles. The van der Waals surface area contributed by atoms with Crippen LogP contribution in [-0.4, -0.2) is 37.4 Å². The van der Waals surface area contributed by atoms with Gasteiger partial charge in [0.25, 0.3) is 0 Å². The van der Waals surface area contributed by atoms with Crippen LogP contribution in [-0.2, 0) is 4.74 Å². The summed E-state index contributed by atoms with van der Waals surface area (Å²) in [4.78, 5) is 13.7. The van der Waals surface area contributed by atoms with Crippen LogP contribution < -0.4 is 4.90 Å². The Morgan fingerprint density at radius 3 is 2.75 bits per heavy atom. The monoisotopic (exact) mass is 277 g/mol. The molecule has 0 amide bonds. The van der Waals surface area contributed by atoms with Gasteiger partial charge < -0.3 is 14.7 Å². The van der Waals surface area contributed by atoms with Crippen molar-refractivity contribution in [3.05, 3.63) is 29.3 Å². The highest BCUT2D eigenvalue weighted by molar-refractivity contribution is 5.95. The third-order valence-corrected chi connectivity index (χ3v) is 4.09. The predicted molar refractivity (Wildman–Crippen MR) is 79.5 cm³/mol. The zero-order valence-corrected chi connectivity index (χ0v) is 12.4. The SMILES string of the molecule is COCCN(c1c(C)cccc1C(=O)O)C(C)C1CC1. The molecule has 0 aliphatic heterocycles. The van der Waals surface area contributed by atoms with Crippen LogP contribution in [0.4, 0.5) is 5.69 Å². The number of nitrogens with zero attached hydrogens (tertiary/aromatic N) is 1. The number of ether oxygens (including phenoxy) is 1. The van der Waals surface area contributed by atoms with Gasteiger partial charge in [0.1, 0.15) is 0 Å². The van der Waals surface area contributed by atoms with Gasteiger partial charge in [-0.2, -0.15) is 0 Å². The maximum absolute atomic E-state index is 11.5. The molecule has 1 fully saturated rings. The topological polar surface area (TPSA) is 49.8 Å². The van der Waals surface area contributed by atoms with Crippen molar-refractivity contribution in [2.24, 2.45) is 5.92 Å². The molecular weight excluding hydrogens is 254 g/mol. The van der Waals surface area contributed by atoms with E-state index >= 15 is 0 Å². The number of hydrogen-bond donors (Lipinski definition) is 1. The zero-order chi connectivity index (χ0) is 14.7. The van der Waals surface area contributed by atoms with Crippen molar-refractivity contribution in [2.45, 2.75) is 32.7 Å². The summed E-state index contributed by atoms with van der Waals surface area (Å²) >= 11 is 0. The highest BCUT2D eigenvalue weighted by atomic mass is 16.5. The van der Waals surface area contributed by atoms with Gasteiger partial charge in [-0.15, -0.1) is 0 Å². The quantitative estimate of drug-likeness (QED) is 0.832. The fourth-order valence-corrected chi connectivity index (χ4v) is 2.75. The van der Waals surface area contributed by atoms with Gasteiger partial charge in [0.05, 0.1) is 17.9 Å². The van der Waals surface area contributed by atoms with E-state index in [1.807, 2.05) is 13.0 Å². The summed E-state index contributed by atoms with van der Waals surface area (Å²) in [5, 5.41) is 9.44. The maximum atomic E-state index is 11.5. The molecule has 1 N–H and O–H groups in total. The number of carboxylic acids is 1. The molecule has 110 valence electrons. The Kier molecular flexibility index (Phi) is 4.65. The molecular formula is C16H23NO3. The van der Waals surface area contributed by atoms with Gasteiger partial charge in [0, 0.05) is 19.7 Å². The van der Waals surface area contributed by atoms with E-state index in [9.17, 15) is 9.90 Å². The summed E-state index contributed by atoms with van der Waals surface area (Å²) in [5.41, 5.74) is 2.23. The summed E-state index contributed by atoms with van der Waals surface area (Å²) in [6, 6.07) is 5.81. The van der Waals surface area contributed by atoms with E-state index in [1.165, 1.54) is 12.8 Å². The number of carboxylic acid groups (broad SMARTS) is 1. The van der Waals surface area contributed by atoms with Crippen molar-refractivity contribution < 1.29 is 14.6 Å². The Morgan fingerprint density at radius 2 is 2.20 bits per heavy atom. The molecule has 2 rings (SSSR count). The van der Waals surface area contributed by atoms with Crippen molar-refractivity contribution in [3.63, 3.8) is 0 Å². The predicted octanol–water partition coefficient (Wildman–Crippen LogP) is 2.94. The fraction of sp³-hybridized carbons (Fsp3) is 0.562. The van der Waals surface area contributed by atoms with Crippen molar-refractivity contribution in [3.8, 4) is 0 Å². The highest BCUT2D eigenvalue weighted by Gasteiger charge is 2.33. The molecule has 0 radical (unpaired) electrons. The number of hydrogen-bond acceptors (Lipinski definition) is 3. The Balaban J connectivity index is 2.38. The Hall–Kier alpha value is -1.55. The molecule has 0 aromatic heterocycles. The van der Waals surface area contributed by atoms with Crippen molar-refractivity contribution in [2.75, 3.05) is 25.2 Å². The summed E-state index contributed by atoms with van der Waals surface area (Å²) in [7, 11) is 1.68. The minimum Gasteiger partial charge on any atom is -0.478 e. The van der Waals surface area contributed by atoms with E-state index < -0.39 is 5.97 Å². The minimum atomic E-state index is -0.867. The Labute approximate surface area is 120 Å². The second kappa shape index (κ2) is 6.27. The smallest absolute Gasteiger partial charge is 0.337 e. The zero-order valence-electron chi connectivity index (χ0n) is 12.4. The molecule has 1 saturated carbocycles. The molecule has 0 spiro atoms. The van der Waals surface area contributed by atoms with Crippen LogP contribution >= 0.6 is 0 Å². The summed E-state index contributed by atoms with van der Waals surface area (Å²) < 4.78 is 5.20. The molecule has 4 nitrogen and oxygen atoms in total. The number of carbonyl (C=O) groups is 1. The first-order chi connectivity index (χ1) is 9.56. The minimum absolute atomic E-state index is 0.351. The molecule has 0 bridgehead atoms. The number of benzene rings is 1. The Bertz CT molecular complexity index is 483. The summed E-state index contributed by atoms with van der Waals surface area (Å²) in [6.07, 6.45) is 2.47. The lowest BCUT2D eigenvalue weighted by molar-refractivity contribution is 0.0697. The highest BCUT2D eigenvalue weighted by Crippen LogP contribution is 2.38. The molecule has 1 aromatic carbocycles. The molecule has 0 heterocycles. The van der Waals surface area contributed by atoms with Crippen molar-refractivity contribution in [1.29, 1.82) is 0 Å². The van der Waals surface area contributed by atoms with Crippen LogP contribution in [0.15, 0.2) is 18.2 Å². The van der Waals surface area contributed by atoms with E-state index in [0.29, 0.717) is 24.1 Å². The standard InChI is InChI=1S/C16H23NO3/c1-11-5-4-6-14(16(18)19)15(11)17(9-10-20-3)12(2)13-7-8-13/h4-6,12-13H,7-10H2,1-3H3,(H,18,19). The largest absolute Gasteiger partial charge is 0.478 e. The Morgan fingerprint density at radius 1 is 1.50 bits per heavy atom. The molecule has 1 unspecified atom stereocenters. The van der Waals surface area contributed by atoms with E-state index in [1.54, 1.807) is 19.2 Å². The summed E-state index contributed by atoms with van der Waals surface area (Å²) in [6.45, 7) is 5.48. The normalized spacial score (nSPS) is 15.9. The van der Waals surface area contributed by atoms with E-state index in [2.05, 4.69) is 11.8 Å². The lowest BCUT2D eigenvalue weighted by atomic mass is 10.0. The van der Waals surface area contributed by atoms with Crippen molar-refractivity contribution in [1.82, 2.24) is 0 Å². The van der Waals surface area contributed by atoms with Gasteiger partial charge in [-0.1, -0.05) is 12.1 Å². The number of methoxy groups -OCH3 is 1. The van der Waals surface area contributed by atoms with Crippen LogP contribution in [0.1, 0.15) is 35.7 Å². The first kappa shape index (κ1) is 14.9. The summed E-state index contributed by atoms with van der Waals surface area (Å²) in [5.74, 6) is -0.192. The van der Waals surface area contributed by atoms with Crippen LogP contribution in [0.5, 0.6) is 0 Å². The first-order valence-electron chi connectivity index (χ1n) is 7.14. The lowest BCUT2D eigenvalue weighted by Gasteiger charge is -2.33. The molecule has 20 heavy (non-hydrogen) atoms. The number of rotatable bonds is 7.